The molecule has 0 aliphatic carbocycles. The van der Waals surface area contributed by atoms with Gasteiger partial charge in [-0.15, -0.1) is 0 Å². The summed E-state index contributed by atoms with van der Waals surface area (Å²) in [4.78, 5) is 0. The molecule has 0 heteroatoms. The highest BCUT2D eigenvalue weighted by Crippen LogP contribution is 1.98. The Hall–Kier alpha value is -0.520. The lowest BCUT2D eigenvalue weighted by atomic mass is 10.2. The summed E-state index contributed by atoms with van der Waals surface area (Å²) in [6.07, 6.45) is 7.77. The SMILES string of the molecule is CC(C)=CCC=CC(C)C. The molecule has 0 aromatic heterocycles. The molecule has 0 aliphatic heterocycles. The number of hydrogen-bond acceptors (Lipinski definition) is 0. The lowest BCUT2D eigenvalue weighted by Crippen LogP contribution is -1.75. The third-order valence-corrected chi connectivity index (χ3v) is 1.18. The van der Waals surface area contributed by atoms with Crippen molar-refractivity contribution in [3.8, 4) is 0 Å². The van der Waals surface area contributed by atoms with Crippen LogP contribution in [0.15, 0.2) is 23.8 Å². The van der Waals surface area contributed by atoms with E-state index in [1.807, 2.05) is 0 Å². The monoisotopic (exact) mass is 138 g/mol. The van der Waals surface area contributed by atoms with Crippen LogP contribution in [0.1, 0.15) is 34.1 Å². The van der Waals surface area contributed by atoms with E-state index >= 15 is 0 Å². The maximum Gasteiger partial charge on any atom is -0.0167 e. The third kappa shape index (κ3) is 7.48. The van der Waals surface area contributed by atoms with Crippen molar-refractivity contribution in [1.82, 2.24) is 0 Å². The van der Waals surface area contributed by atoms with Gasteiger partial charge in [0.15, 0.2) is 0 Å². The van der Waals surface area contributed by atoms with Crippen molar-refractivity contribution in [1.29, 1.82) is 0 Å². The van der Waals surface area contributed by atoms with Crippen LogP contribution in [0.3, 0.4) is 0 Å². The summed E-state index contributed by atoms with van der Waals surface area (Å²) in [6.45, 7) is 8.64. The molecule has 58 valence electrons. The van der Waals surface area contributed by atoms with Crippen LogP contribution in [0.5, 0.6) is 0 Å². The zero-order chi connectivity index (χ0) is 7.98. The van der Waals surface area contributed by atoms with Gasteiger partial charge in [-0.25, -0.2) is 0 Å². The molecule has 0 aliphatic rings. The highest BCUT2D eigenvalue weighted by Gasteiger charge is 1.80. The zero-order valence-corrected chi connectivity index (χ0v) is 7.52. The van der Waals surface area contributed by atoms with Crippen LogP contribution in [-0.2, 0) is 0 Å². The minimum Gasteiger partial charge on any atom is -0.0857 e. The largest absolute Gasteiger partial charge is 0.0857 e. The van der Waals surface area contributed by atoms with Crippen LogP contribution in [0.2, 0.25) is 0 Å². The third-order valence-electron chi connectivity index (χ3n) is 1.18. The summed E-state index contributed by atoms with van der Waals surface area (Å²) in [5, 5.41) is 0. The molecular weight excluding hydrogens is 120 g/mol. The van der Waals surface area contributed by atoms with Crippen molar-refractivity contribution in [2.24, 2.45) is 5.92 Å². The van der Waals surface area contributed by atoms with E-state index in [-0.39, 0.29) is 0 Å². The first-order valence-corrected chi connectivity index (χ1v) is 3.93. The second kappa shape index (κ2) is 5.28. The minimum atomic E-state index is 0.686. The van der Waals surface area contributed by atoms with Gasteiger partial charge in [0.1, 0.15) is 0 Å². The number of allylic oxidation sites excluding steroid dienone is 4. The van der Waals surface area contributed by atoms with E-state index in [2.05, 4.69) is 45.9 Å². The van der Waals surface area contributed by atoms with Crippen molar-refractivity contribution in [3.63, 3.8) is 0 Å². The number of hydrogen-bond donors (Lipinski definition) is 0. The van der Waals surface area contributed by atoms with E-state index in [1.54, 1.807) is 0 Å². The fourth-order valence-corrected chi connectivity index (χ4v) is 0.654. The summed E-state index contributed by atoms with van der Waals surface area (Å²) >= 11 is 0. The quantitative estimate of drug-likeness (QED) is 0.523. The minimum absolute atomic E-state index is 0.686. The fourth-order valence-electron chi connectivity index (χ4n) is 0.654. The lowest BCUT2D eigenvalue weighted by Gasteiger charge is -1.91. The molecule has 0 N–H and O–H groups in total. The molecule has 0 saturated heterocycles. The lowest BCUT2D eigenvalue weighted by molar-refractivity contribution is 0.828. The van der Waals surface area contributed by atoms with Gasteiger partial charge in [-0.3, -0.25) is 0 Å². The van der Waals surface area contributed by atoms with E-state index < -0.39 is 0 Å². The summed E-state index contributed by atoms with van der Waals surface area (Å²) in [5.41, 5.74) is 1.40. The molecule has 0 saturated carbocycles. The summed E-state index contributed by atoms with van der Waals surface area (Å²) in [5.74, 6) is 0.686. The molecule has 0 atom stereocenters. The second-order valence-corrected chi connectivity index (χ2v) is 3.19. The van der Waals surface area contributed by atoms with Gasteiger partial charge in [0.05, 0.1) is 0 Å². The molecule has 0 heterocycles. The van der Waals surface area contributed by atoms with Gasteiger partial charge in [-0.05, 0) is 26.2 Å². The van der Waals surface area contributed by atoms with Gasteiger partial charge in [-0.1, -0.05) is 37.6 Å². The van der Waals surface area contributed by atoms with Gasteiger partial charge in [-0.2, -0.15) is 0 Å². The molecule has 0 fully saturated rings. The van der Waals surface area contributed by atoms with Crippen LogP contribution in [0.25, 0.3) is 0 Å². The molecule has 0 rings (SSSR count). The van der Waals surface area contributed by atoms with E-state index in [0.717, 1.165) is 6.42 Å². The van der Waals surface area contributed by atoms with Crippen LogP contribution in [0, 0.1) is 5.92 Å². The first-order chi connectivity index (χ1) is 4.63. The van der Waals surface area contributed by atoms with Crippen LogP contribution in [0.4, 0.5) is 0 Å². The molecule has 0 aromatic rings. The Kier molecular flexibility index (Phi) is 5.00. The molecule has 0 radical (unpaired) electrons. The summed E-state index contributed by atoms with van der Waals surface area (Å²) in [7, 11) is 0. The maximum absolute atomic E-state index is 2.24. The van der Waals surface area contributed by atoms with Gasteiger partial charge < -0.3 is 0 Å². The summed E-state index contributed by atoms with van der Waals surface area (Å²) < 4.78 is 0. The van der Waals surface area contributed by atoms with Crippen LogP contribution in [-0.4, -0.2) is 0 Å². The Balaban J connectivity index is 3.45. The van der Waals surface area contributed by atoms with Crippen LogP contribution >= 0.6 is 0 Å². The van der Waals surface area contributed by atoms with E-state index in [4.69, 9.17) is 0 Å². The molecule has 0 bridgehead atoms. The molecule has 10 heavy (non-hydrogen) atoms. The van der Waals surface area contributed by atoms with Gasteiger partial charge in [0.2, 0.25) is 0 Å². The predicted octanol–water partition coefficient (Wildman–Crippen LogP) is 3.55. The normalized spacial score (nSPS) is 10.9. The molecule has 0 spiro atoms. The highest BCUT2D eigenvalue weighted by molar-refractivity contribution is 4.99. The van der Waals surface area contributed by atoms with E-state index in [0.29, 0.717) is 5.92 Å². The van der Waals surface area contributed by atoms with Crippen LogP contribution < -0.4 is 0 Å². The average Bonchev–Trinajstić information content (AvgIpc) is 1.79. The standard InChI is InChI=1S/C10H18/c1-9(2)7-5-6-8-10(3)4/h5,7-9H,6H2,1-4H3. The van der Waals surface area contributed by atoms with Crippen molar-refractivity contribution in [3.05, 3.63) is 23.8 Å². The highest BCUT2D eigenvalue weighted by atomic mass is 13.9. The van der Waals surface area contributed by atoms with Gasteiger partial charge in [0, 0.05) is 0 Å². The Bertz CT molecular complexity index is 123. The van der Waals surface area contributed by atoms with Gasteiger partial charge in [0.25, 0.3) is 0 Å². The first kappa shape index (κ1) is 9.48. The average molecular weight is 138 g/mol. The van der Waals surface area contributed by atoms with Crippen molar-refractivity contribution in [2.75, 3.05) is 0 Å². The van der Waals surface area contributed by atoms with Gasteiger partial charge >= 0.3 is 0 Å². The van der Waals surface area contributed by atoms with E-state index in [1.165, 1.54) is 5.57 Å². The maximum atomic E-state index is 2.24. The second-order valence-electron chi connectivity index (χ2n) is 3.19. The predicted molar refractivity (Wildman–Crippen MR) is 48.0 cm³/mol. The van der Waals surface area contributed by atoms with Crippen molar-refractivity contribution < 1.29 is 0 Å². The van der Waals surface area contributed by atoms with Crippen molar-refractivity contribution >= 4 is 0 Å². The Labute approximate surface area is 64.6 Å². The fraction of sp³-hybridized carbons (Fsp3) is 0.600. The molecule has 0 nitrogen and oxygen atoms in total. The zero-order valence-electron chi connectivity index (χ0n) is 7.52. The number of rotatable bonds is 3. The first-order valence-electron chi connectivity index (χ1n) is 3.93. The molecule has 0 aromatic carbocycles. The Morgan fingerprint density at radius 2 is 1.90 bits per heavy atom. The summed E-state index contributed by atoms with van der Waals surface area (Å²) in [6, 6.07) is 0. The van der Waals surface area contributed by atoms with Crippen molar-refractivity contribution in [2.45, 2.75) is 34.1 Å². The topological polar surface area (TPSA) is 0 Å². The molecule has 0 unspecified atom stereocenters. The Morgan fingerprint density at radius 3 is 2.30 bits per heavy atom. The molecular formula is C10H18. The van der Waals surface area contributed by atoms with E-state index in [9.17, 15) is 0 Å². The Morgan fingerprint density at radius 1 is 1.30 bits per heavy atom. The molecule has 0 amide bonds. The smallest absolute Gasteiger partial charge is 0.0167 e.